The second-order valence-electron chi connectivity index (χ2n) is 6.24. The average molecular weight is 387 g/mol. The standard InChI is InChI=1S/C18H21N5O5/c1-11-21-17(28-22-11)13-10-20-12(2)23(18(13)26)8-6-16(25)19-7-5-14(24)15-4-3-9-27-15/h3-4,9-10,14,24H,5-8H2,1-2H3,(H,19,25). The van der Waals surface area contributed by atoms with E-state index in [9.17, 15) is 14.7 Å². The van der Waals surface area contributed by atoms with Gasteiger partial charge < -0.3 is 19.4 Å². The Balaban J connectivity index is 1.56. The molecule has 1 amide bonds. The lowest BCUT2D eigenvalue weighted by molar-refractivity contribution is -0.121. The third-order valence-electron chi connectivity index (χ3n) is 4.18. The van der Waals surface area contributed by atoms with E-state index in [4.69, 9.17) is 8.94 Å². The molecule has 10 heteroatoms. The van der Waals surface area contributed by atoms with Crippen molar-refractivity contribution >= 4 is 5.91 Å². The molecule has 0 radical (unpaired) electrons. The van der Waals surface area contributed by atoms with Crippen molar-refractivity contribution in [3.8, 4) is 11.5 Å². The second kappa shape index (κ2) is 8.61. The highest BCUT2D eigenvalue weighted by Crippen LogP contribution is 2.16. The summed E-state index contributed by atoms with van der Waals surface area (Å²) in [6, 6.07) is 3.36. The smallest absolute Gasteiger partial charge is 0.266 e. The average Bonchev–Trinajstić information content (AvgIpc) is 3.33. The Morgan fingerprint density at radius 3 is 2.89 bits per heavy atom. The third kappa shape index (κ3) is 4.52. The monoisotopic (exact) mass is 387 g/mol. The van der Waals surface area contributed by atoms with Gasteiger partial charge in [0.1, 0.15) is 23.3 Å². The van der Waals surface area contributed by atoms with E-state index in [1.54, 1.807) is 26.0 Å². The molecular weight excluding hydrogens is 366 g/mol. The number of hydrogen-bond acceptors (Lipinski definition) is 8. The number of aryl methyl sites for hydroxylation is 2. The Labute approximate surface area is 160 Å². The number of rotatable bonds is 8. The van der Waals surface area contributed by atoms with Crippen molar-refractivity contribution in [1.29, 1.82) is 0 Å². The van der Waals surface area contributed by atoms with Crippen LogP contribution in [0.5, 0.6) is 0 Å². The molecule has 0 saturated carbocycles. The Morgan fingerprint density at radius 1 is 1.39 bits per heavy atom. The van der Waals surface area contributed by atoms with E-state index in [2.05, 4.69) is 20.4 Å². The summed E-state index contributed by atoms with van der Waals surface area (Å²) < 4.78 is 11.5. The van der Waals surface area contributed by atoms with Crippen LogP contribution in [0.4, 0.5) is 0 Å². The maximum absolute atomic E-state index is 12.7. The molecule has 0 aromatic carbocycles. The molecule has 0 fully saturated rings. The Kier molecular flexibility index (Phi) is 5.99. The molecular formula is C18H21N5O5. The Morgan fingerprint density at radius 2 is 2.21 bits per heavy atom. The van der Waals surface area contributed by atoms with Crippen LogP contribution in [0, 0.1) is 13.8 Å². The van der Waals surface area contributed by atoms with Gasteiger partial charge in [-0.05, 0) is 32.4 Å². The van der Waals surface area contributed by atoms with Crippen LogP contribution in [0.25, 0.3) is 11.5 Å². The first kappa shape index (κ1) is 19.5. The summed E-state index contributed by atoms with van der Waals surface area (Å²) in [4.78, 5) is 33.0. The lowest BCUT2D eigenvalue weighted by Crippen LogP contribution is -2.30. The summed E-state index contributed by atoms with van der Waals surface area (Å²) in [7, 11) is 0. The largest absolute Gasteiger partial charge is 0.467 e. The van der Waals surface area contributed by atoms with Crippen molar-refractivity contribution in [3.05, 3.63) is 52.4 Å². The number of nitrogens with zero attached hydrogens (tertiary/aromatic N) is 4. The van der Waals surface area contributed by atoms with E-state index in [1.165, 1.54) is 17.0 Å². The summed E-state index contributed by atoms with van der Waals surface area (Å²) in [6.07, 6.45) is 2.50. The molecule has 10 nitrogen and oxygen atoms in total. The third-order valence-corrected chi connectivity index (χ3v) is 4.18. The van der Waals surface area contributed by atoms with Crippen molar-refractivity contribution in [2.75, 3.05) is 6.54 Å². The molecule has 1 atom stereocenters. The molecule has 3 aromatic rings. The summed E-state index contributed by atoms with van der Waals surface area (Å²) >= 11 is 0. The van der Waals surface area contributed by atoms with Gasteiger partial charge in [-0.1, -0.05) is 5.16 Å². The molecule has 1 unspecified atom stereocenters. The maximum Gasteiger partial charge on any atom is 0.266 e. The molecule has 0 aliphatic carbocycles. The summed E-state index contributed by atoms with van der Waals surface area (Å²) in [5.74, 6) is 1.20. The zero-order valence-corrected chi connectivity index (χ0v) is 15.6. The molecule has 0 spiro atoms. The lowest BCUT2D eigenvalue weighted by atomic mass is 10.2. The van der Waals surface area contributed by atoms with Gasteiger partial charge in [0, 0.05) is 25.7 Å². The number of amides is 1. The topological polar surface area (TPSA) is 136 Å². The number of aliphatic hydroxyl groups excluding tert-OH is 1. The fourth-order valence-corrected chi connectivity index (χ4v) is 2.66. The molecule has 0 saturated heterocycles. The fraction of sp³-hybridized carbons (Fsp3) is 0.389. The number of hydrogen-bond donors (Lipinski definition) is 2. The van der Waals surface area contributed by atoms with Crippen LogP contribution >= 0.6 is 0 Å². The fourth-order valence-electron chi connectivity index (χ4n) is 2.66. The van der Waals surface area contributed by atoms with Crippen molar-refractivity contribution in [1.82, 2.24) is 25.0 Å². The van der Waals surface area contributed by atoms with Crippen LogP contribution < -0.4 is 10.9 Å². The van der Waals surface area contributed by atoms with Gasteiger partial charge in [0.2, 0.25) is 5.91 Å². The highest BCUT2D eigenvalue weighted by Gasteiger charge is 2.16. The molecule has 0 aliphatic rings. The number of carbonyl (C=O) groups excluding carboxylic acids is 1. The van der Waals surface area contributed by atoms with E-state index in [1.807, 2.05) is 0 Å². The zero-order valence-electron chi connectivity index (χ0n) is 15.6. The van der Waals surface area contributed by atoms with E-state index in [-0.39, 0.29) is 42.4 Å². The number of carbonyl (C=O) groups is 1. The van der Waals surface area contributed by atoms with Crippen LogP contribution in [0.15, 0.2) is 38.3 Å². The van der Waals surface area contributed by atoms with E-state index < -0.39 is 6.10 Å². The SMILES string of the molecule is Cc1noc(-c2cnc(C)n(CCC(=O)NCCC(O)c3ccco3)c2=O)n1. The molecule has 2 N–H and O–H groups in total. The quantitative estimate of drug-likeness (QED) is 0.587. The van der Waals surface area contributed by atoms with Crippen LogP contribution in [0.1, 0.15) is 36.4 Å². The first-order chi connectivity index (χ1) is 13.5. The molecule has 28 heavy (non-hydrogen) atoms. The second-order valence-corrected chi connectivity index (χ2v) is 6.24. The first-order valence-corrected chi connectivity index (χ1v) is 8.81. The molecule has 3 heterocycles. The normalized spacial score (nSPS) is 12.1. The van der Waals surface area contributed by atoms with Crippen LogP contribution in [0.2, 0.25) is 0 Å². The molecule has 3 aromatic heterocycles. The molecule has 148 valence electrons. The van der Waals surface area contributed by atoms with Gasteiger partial charge in [0.15, 0.2) is 5.82 Å². The van der Waals surface area contributed by atoms with Gasteiger partial charge in [-0.3, -0.25) is 14.2 Å². The summed E-state index contributed by atoms with van der Waals surface area (Å²) in [5, 5.41) is 16.3. The highest BCUT2D eigenvalue weighted by molar-refractivity contribution is 5.75. The van der Waals surface area contributed by atoms with Crippen molar-refractivity contribution < 1.29 is 18.8 Å². The van der Waals surface area contributed by atoms with Crippen LogP contribution in [-0.4, -0.2) is 37.3 Å². The van der Waals surface area contributed by atoms with Gasteiger partial charge in [-0.25, -0.2) is 4.98 Å². The number of nitrogens with one attached hydrogen (secondary N) is 1. The predicted octanol–water partition coefficient (Wildman–Crippen LogP) is 1.13. The van der Waals surface area contributed by atoms with E-state index in [0.29, 0.717) is 23.8 Å². The minimum absolute atomic E-state index is 0.0889. The minimum atomic E-state index is -0.779. The molecule has 0 bridgehead atoms. The summed E-state index contributed by atoms with van der Waals surface area (Å²) in [5.41, 5.74) is -0.162. The minimum Gasteiger partial charge on any atom is -0.467 e. The van der Waals surface area contributed by atoms with Crippen LogP contribution in [-0.2, 0) is 11.3 Å². The number of furan rings is 1. The predicted molar refractivity (Wildman–Crippen MR) is 97.2 cm³/mol. The van der Waals surface area contributed by atoms with Crippen molar-refractivity contribution in [2.45, 2.75) is 39.3 Å². The Hall–Kier alpha value is -3.27. The van der Waals surface area contributed by atoms with Crippen molar-refractivity contribution in [2.24, 2.45) is 0 Å². The highest BCUT2D eigenvalue weighted by atomic mass is 16.5. The van der Waals surface area contributed by atoms with E-state index >= 15 is 0 Å². The van der Waals surface area contributed by atoms with Gasteiger partial charge in [0.05, 0.1) is 6.26 Å². The molecule has 3 rings (SSSR count). The van der Waals surface area contributed by atoms with Gasteiger partial charge in [-0.15, -0.1) is 0 Å². The van der Waals surface area contributed by atoms with Crippen molar-refractivity contribution in [3.63, 3.8) is 0 Å². The van der Waals surface area contributed by atoms with E-state index in [0.717, 1.165) is 0 Å². The maximum atomic E-state index is 12.7. The lowest BCUT2D eigenvalue weighted by Gasteiger charge is -2.11. The number of aromatic nitrogens is 4. The number of aliphatic hydroxyl groups is 1. The zero-order chi connectivity index (χ0) is 20.1. The summed E-state index contributed by atoms with van der Waals surface area (Å²) in [6.45, 7) is 3.78. The first-order valence-electron chi connectivity index (χ1n) is 8.81. The van der Waals surface area contributed by atoms with Gasteiger partial charge in [0.25, 0.3) is 11.4 Å². The van der Waals surface area contributed by atoms with Gasteiger partial charge >= 0.3 is 0 Å². The van der Waals surface area contributed by atoms with Crippen LogP contribution in [0.3, 0.4) is 0 Å². The molecule has 0 aliphatic heterocycles. The Bertz CT molecular complexity index is 992. The van der Waals surface area contributed by atoms with Gasteiger partial charge in [-0.2, -0.15) is 4.98 Å².